The zero-order chi connectivity index (χ0) is 10.5. The van der Waals surface area contributed by atoms with Gasteiger partial charge in [-0.3, -0.25) is 9.88 Å². The average Bonchev–Trinajstić information content (AvgIpc) is 2.31. The Morgan fingerprint density at radius 2 is 1.82 bits per heavy atom. The van der Waals surface area contributed by atoms with Gasteiger partial charge in [0, 0.05) is 24.9 Å². The van der Waals surface area contributed by atoms with E-state index in [1.165, 1.54) is 5.56 Å². The van der Waals surface area contributed by atoms with E-state index in [-0.39, 0.29) is 30.7 Å². The minimum atomic E-state index is 0. The maximum absolute atomic E-state index is 8.79. The van der Waals surface area contributed by atoms with Crippen molar-refractivity contribution >= 4 is 24.8 Å². The predicted octanol–water partition coefficient (Wildman–Crippen LogP) is 2.66. The minimum absolute atomic E-state index is 0. The van der Waals surface area contributed by atoms with E-state index in [4.69, 9.17) is 5.26 Å². The average molecular weight is 274 g/mol. The lowest BCUT2D eigenvalue weighted by Crippen LogP contribution is -2.32. The first-order chi connectivity index (χ1) is 7.38. The summed E-state index contributed by atoms with van der Waals surface area (Å²) >= 11 is 0. The molecule has 1 aromatic rings. The normalized spacial score (nSPS) is 16.4. The highest BCUT2D eigenvalue weighted by Gasteiger charge is 2.18. The van der Waals surface area contributed by atoms with Gasteiger partial charge in [0.05, 0.1) is 6.07 Å². The molecule has 0 unspecified atom stereocenters. The van der Waals surface area contributed by atoms with Crippen LogP contribution in [0.15, 0.2) is 24.5 Å². The fourth-order valence-electron chi connectivity index (χ4n) is 1.97. The third-order valence-electron chi connectivity index (χ3n) is 2.93. The predicted molar refractivity (Wildman–Crippen MR) is 72.3 cm³/mol. The van der Waals surface area contributed by atoms with Crippen molar-refractivity contribution in [1.29, 1.82) is 5.26 Å². The molecule has 1 aromatic heterocycles. The van der Waals surface area contributed by atoms with Crippen LogP contribution in [0.1, 0.15) is 18.4 Å². The summed E-state index contributed by atoms with van der Waals surface area (Å²) < 4.78 is 0. The SMILES string of the molecule is Cl.Cl.N#CC1CCN(Cc2ccncc2)CC1. The molecule has 0 radical (unpaired) electrons. The van der Waals surface area contributed by atoms with Crippen LogP contribution in [0.2, 0.25) is 0 Å². The summed E-state index contributed by atoms with van der Waals surface area (Å²) in [4.78, 5) is 6.41. The molecule has 0 spiro atoms. The van der Waals surface area contributed by atoms with Gasteiger partial charge in [-0.05, 0) is 43.6 Å². The number of pyridine rings is 1. The third kappa shape index (κ3) is 4.91. The Balaban J connectivity index is 0.00000128. The zero-order valence-electron chi connectivity index (χ0n) is 9.58. The summed E-state index contributed by atoms with van der Waals surface area (Å²) in [6.07, 6.45) is 5.69. The molecule has 5 heteroatoms. The number of hydrogen-bond donors (Lipinski definition) is 0. The van der Waals surface area contributed by atoms with E-state index in [1.807, 2.05) is 12.4 Å². The smallest absolute Gasteiger partial charge is 0.0656 e. The lowest BCUT2D eigenvalue weighted by Gasteiger charge is -2.28. The quantitative estimate of drug-likeness (QED) is 0.832. The molecular weight excluding hydrogens is 257 g/mol. The van der Waals surface area contributed by atoms with Crippen LogP contribution < -0.4 is 0 Å². The number of nitrogens with zero attached hydrogens (tertiary/aromatic N) is 3. The van der Waals surface area contributed by atoms with Crippen molar-refractivity contribution in [2.24, 2.45) is 5.92 Å². The number of rotatable bonds is 2. The maximum atomic E-state index is 8.79. The largest absolute Gasteiger partial charge is 0.299 e. The molecule has 0 saturated carbocycles. The van der Waals surface area contributed by atoms with Crippen LogP contribution in [-0.4, -0.2) is 23.0 Å². The fraction of sp³-hybridized carbons (Fsp3) is 0.500. The molecule has 1 fully saturated rings. The van der Waals surface area contributed by atoms with E-state index in [0.29, 0.717) is 0 Å². The molecular formula is C12H17Cl2N3. The van der Waals surface area contributed by atoms with Crippen LogP contribution in [0.5, 0.6) is 0 Å². The highest BCUT2D eigenvalue weighted by Crippen LogP contribution is 2.17. The van der Waals surface area contributed by atoms with Crippen LogP contribution >= 0.6 is 24.8 Å². The first-order valence-corrected chi connectivity index (χ1v) is 5.39. The lowest BCUT2D eigenvalue weighted by molar-refractivity contribution is 0.198. The molecule has 0 bridgehead atoms. The number of nitriles is 1. The Morgan fingerprint density at radius 1 is 1.24 bits per heavy atom. The van der Waals surface area contributed by atoms with E-state index in [1.54, 1.807) is 0 Å². The second kappa shape index (κ2) is 8.30. The molecule has 2 heterocycles. The number of aromatic nitrogens is 1. The minimum Gasteiger partial charge on any atom is -0.299 e. The summed E-state index contributed by atoms with van der Waals surface area (Å²) in [5, 5.41) is 8.79. The zero-order valence-corrected chi connectivity index (χ0v) is 11.2. The number of halogens is 2. The van der Waals surface area contributed by atoms with Gasteiger partial charge >= 0.3 is 0 Å². The van der Waals surface area contributed by atoms with E-state index < -0.39 is 0 Å². The topological polar surface area (TPSA) is 39.9 Å². The number of hydrogen-bond acceptors (Lipinski definition) is 3. The molecule has 94 valence electrons. The Hall–Kier alpha value is -0.820. The van der Waals surface area contributed by atoms with Crippen LogP contribution in [0.3, 0.4) is 0 Å². The van der Waals surface area contributed by atoms with Gasteiger partial charge < -0.3 is 0 Å². The van der Waals surface area contributed by atoms with Crippen molar-refractivity contribution in [3.63, 3.8) is 0 Å². The van der Waals surface area contributed by atoms with E-state index in [9.17, 15) is 0 Å². The van der Waals surface area contributed by atoms with E-state index >= 15 is 0 Å². The van der Waals surface area contributed by atoms with E-state index in [0.717, 1.165) is 32.5 Å². The van der Waals surface area contributed by atoms with Gasteiger partial charge in [0.15, 0.2) is 0 Å². The molecule has 1 aliphatic heterocycles. The number of piperidine rings is 1. The van der Waals surface area contributed by atoms with Gasteiger partial charge in [-0.2, -0.15) is 5.26 Å². The summed E-state index contributed by atoms with van der Waals surface area (Å²) in [6.45, 7) is 3.07. The van der Waals surface area contributed by atoms with Gasteiger partial charge in [0.25, 0.3) is 0 Å². The Morgan fingerprint density at radius 3 is 2.35 bits per heavy atom. The first kappa shape index (κ1) is 16.2. The molecule has 0 amide bonds. The van der Waals surface area contributed by atoms with Gasteiger partial charge in [-0.15, -0.1) is 24.8 Å². The van der Waals surface area contributed by atoms with Crippen molar-refractivity contribution in [2.75, 3.05) is 13.1 Å². The van der Waals surface area contributed by atoms with Crippen molar-refractivity contribution < 1.29 is 0 Å². The van der Waals surface area contributed by atoms with Crippen molar-refractivity contribution in [3.8, 4) is 6.07 Å². The molecule has 3 nitrogen and oxygen atoms in total. The van der Waals surface area contributed by atoms with Crippen molar-refractivity contribution in [3.05, 3.63) is 30.1 Å². The second-order valence-corrected chi connectivity index (χ2v) is 4.03. The standard InChI is InChI=1S/C12H15N3.2ClH/c13-9-11-3-7-15(8-4-11)10-12-1-5-14-6-2-12;;/h1-2,5-6,11H,3-4,7-8,10H2;2*1H. The highest BCUT2D eigenvalue weighted by atomic mass is 35.5. The summed E-state index contributed by atoms with van der Waals surface area (Å²) in [6, 6.07) is 6.46. The van der Waals surface area contributed by atoms with Gasteiger partial charge in [0.1, 0.15) is 0 Å². The molecule has 0 aromatic carbocycles. The third-order valence-corrected chi connectivity index (χ3v) is 2.93. The highest BCUT2D eigenvalue weighted by molar-refractivity contribution is 5.85. The van der Waals surface area contributed by atoms with Crippen molar-refractivity contribution in [2.45, 2.75) is 19.4 Å². The van der Waals surface area contributed by atoms with Crippen LogP contribution in [0.25, 0.3) is 0 Å². The van der Waals surface area contributed by atoms with Crippen LogP contribution in [0.4, 0.5) is 0 Å². The van der Waals surface area contributed by atoms with Crippen LogP contribution in [-0.2, 0) is 6.54 Å². The van der Waals surface area contributed by atoms with Gasteiger partial charge in [0.2, 0.25) is 0 Å². The van der Waals surface area contributed by atoms with Crippen LogP contribution in [0, 0.1) is 17.2 Å². The molecule has 2 rings (SSSR count). The van der Waals surface area contributed by atoms with Crippen molar-refractivity contribution in [1.82, 2.24) is 9.88 Å². The summed E-state index contributed by atoms with van der Waals surface area (Å²) in [5.74, 6) is 0.277. The maximum Gasteiger partial charge on any atom is 0.0656 e. The first-order valence-electron chi connectivity index (χ1n) is 5.39. The summed E-state index contributed by atoms with van der Waals surface area (Å²) in [7, 11) is 0. The molecule has 0 aliphatic carbocycles. The molecule has 0 atom stereocenters. The Kier molecular flexibility index (Phi) is 7.90. The number of likely N-dealkylation sites (tertiary alicyclic amines) is 1. The molecule has 1 saturated heterocycles. The summed E-state index contributed by atoms with van der Waals surface area (Å²) in [5.41, 5.74) is 1.31. The van der Waals surface area contributed by atoms with Gasteiger partial charge in [-0.25, -0.2) is 0 Å². The lowest BCUT2D eigenvalue weighted by atomic mass is 9.98. The van der Waals surface area contributed by atoms with E-state index in [2.05, 4.69) is 28.1 Å². The monoisotopic (exact) mass is 273 g/mol. The molecule has 1 aliphatic rings. The second-order valence-electron chi connectivity index (χ2n) is 4.03. The Labute approximate surface area is 115 Å². The van der Waals surface area contributed by atoms with Gasteiger partial charge in [-0.1, -0.05) is 0 Å². The molecule has 17 heavy (non-hydrogen) atoms. The Bertz CT molecular complexity index is 343. The fourth-order valence-corrected chi connectivity index (χ4v) is 1.97. The molecule has 0 N–H and O–H groups in total.